The van der Waals surface area contributed by atoms with Crippen molar-refractivity contribution < 1.29 is 13.8 Å². The van der Waals surface area contributed by atoms with Crippen LogP contribution in [0.2, 0.25) is 0 Å². The van der Waals surface area contributed by atoms with Gasteiger partial charge < -0.3 is 13.9 Å². The number of carbonyl (C=O) groups excluding carboxylic acids is 1. The summed E-state index contributed by atoms with van der Waals surface area (Å²) in [6, 6.07) is 7.91. The third-order valence-corrected chi connectivity index (χ3v) is 6.25. The smallest absolute Gasteiger partial charge is 0.257 e. The first-order valence-electron chi connectivity index (χ1n) is 12.2. The highest BCUT2D eigenvalue weighted by atomic mass is 16.5. The van der Waals surface area contributed by atoms with Gasteiger partial charge in [0.05, 0.1) is 0 Å². The third kappa shape index (κ3) is 6.06. The zero-order valence-corrected chi connectivity index (χ0v) is 19.6. The number of anilines is 1. The van der Waals surface area contributed by atoms with E-state index < -0.39 is 0 Å². The van der Waals surface area contributed by atoms with E-state index in [2.05, 4.69) is 20.3 Å². The van der Waals surface area contributed by atoms with Crippen LogP contribution in [0.4, 0.5) is 5.69 Å². The zero-order valence-electron chi connectivity index (χ0n) is 19.6. The van der Waals surface area contributed by atoms with Crippen molar-refractivity contribution in [3.8, 4) is 11.5 Å². The van der Waals surface area contributed by atoms with Gasteiger partial charge in [-0.2, -0.15) is 9.97 Å². The van der Waals surface area contributed by atoms with E-state index >= 15 is 0 Å². The molecule has 4 rings (SSSR count). The minimum atomic E-state index is 0.110. The second kappa shape index (κ2) is 11.2. The number of hydrogen-bond donors (Lipinski definition) is 0. The Bertz CT molecular complexity index is 1040. The summed E-state index contributed by atoms with van der Waals surface area (Å²) in [4.78, 5) is 24.2. The number of amides is 1. The van der Waals surface area contributed by atoms with Crippen molar-refractivity contribution in [1.82, 2.24) is 20.3 Å². The number of unbranched alkanes of at least 4 members (excludes halogenated alkanes) is 2. The maximum absolute atomic E-state index is 13.5. The van der Waals surface area contributed by atoms with Crippen LogP contribution in [0.3, 0.4) is 0 Å². The lowest BCUT2D eigenvalue weighted by Gasteiger charge is -2.29. The molecule has 176 valence electrons. The summed E-state index contributed by atoms with van der Waals surface area (Å²) >= 11 is 0. The quantitative estimate of drug-likeness (QED) is 0.385. The number of nitrogens with zero attached hydrogens (tertiary/aromatic N) is 5. The molecule has 1 aliphatic carbocycles. The van der Waals surface area contributed by atoms with Crippen molar-refractivity contribution in [2.45, 2.75) is 78.1 Å². The van der Waals surface area contributed by atoms with Gasteiger partial charge in [0.1, 0.15) is 0 Å². The SMILES string of the molecule is CCc1noc(-c2cccc(N(CCCCCc3nc(C)no3)C(=O)C3CCCCC3)c2)n1. The standard InChI is InChI=1S/C25H33N5O3/c1-3-22-27-24(33-29-22)20-13-10-14-21(17-20)30(25(31)19-11-6-4-7-12-19)16-9-5-8-15-23-26-18(2)28-32-23/h10,13-14,17,19H,3-9,11-12,15-16H2,1-2H3. The molecule has 8 heteroatoms. The molecule has 3 aromatic rings. The lowest BCUT2D eigenvalue weighted by Crippen LogP contribution is -2.38. The summed E-state index contributed by atoms with van der Waals surface area (Å²) in [7, 11) is 0. The molecule has 2 aromatic heterocycles. The Hall–Kier alpha value is -3.03. The minimum Gasteiger partial charge on any atom is -0.339 e. The van der Waals surface area contributed by atoms with Gasteiger partial charge in [0.25, 0.3) is 5.89 Å². The van der Waals surface area contributed by atoms with Crippen LogP contribution in [-0.2, 0) is 17.6 Å². The number of hydrogen-bond acceptors (Lipinski definition) is 7. The van der Waals surface area contributed by atoms with Crippen LogP contribution in [0, 0.1) is 12.8 Å². The van der Waals surface area contributed by atoms with E-state index in [0.29, 0.717) is 30.0 Å². The molecule has 0 atom stereocenters. The van der Waals surface area contributed by atoms with E-state index in [4.69, 9.17) is 9.05 Å². The second-order valence-corrected chi connectivity index (χ2v) is 8.79. The summed E-state index contributed by atoms with van der Waals surface area (Å²) in [6.07, 6.45) is 9.80. The van der Waals surface area contributed by atoms with Crippen molar-refractivity contribution >= 4 is 11.6 Å². The van der Waals surface area contributed by atoms with Gasteiger partial charge in [0.2, 0.25) is 11.8 Å². The van der Waals surface area contributed by atoms with Crippen molar-refractivity contribution in [3.05, 3.63) is 41.8 Å². The second-order valence-electron chi connectivity index (χ2n) is 8.79. The maximum Gasteiger partial charge on any atom is 0.257 e. The van der Waals surface area contributed by atoms with Gasteiger partial charge in [0.15, 0.2) is 11.6 Å². The topological polar surface area (TPSA) is 98.1 Å². The molecular formula is C25H33N5O3. The maximum atomic E-state index is 13.5. The number of benzene rings is 1. The lowest BCUT2D eigenvalue weighted by atomic mass is 9.88. The van der Waals surface area contributed by atoms with Gasteiger partial charge in [-0.15, -0.1) is 0 Å². The molecule has 1 aromatic carbocycles. The molecule has 1 amide bonds. The predicted molar refractivity (Wildman–Crippen MR) is 125 cm³/mol. The molecule has 1 aliphatic rings. The van der Waals surface area contributed by atoms with Crippen LogP contribution >= 0.6 is 0 Å². The summed E-state index contributed by atoms with van der Waals surface area (Å²) in [5.41, 5.74) is 1.74. The molecule has 0 bridgehead atoms. The molecule has 0 N–H and O–H groups in total. The van der Waals surface area contributed by atoms with E-state index in [1.165, 1.54) is 6.42 Å². The largest absolute Gasteiger partial charge is 0.339 e. The van der Waals surface area contributed by atoms with Crippen LogP contribution in [0.15, 0.2) is 33.3 Å². The van der Waals surface area contributed by atoms with Gasteiger partial charge in [-0.05, 0) is 50.8 Å². The monoisotopic (exact) mass is 451 g/mol. The Morgan fingerprint density at radius 1 is 1.06 bits per heavy atom. The molecule has 0 spiro atoms. The molecule has 0 aliphatic heterocycles. The highest BCUT2D eigenvalue weighted by Gasteiger charge is 2.27. The summed E-state index contributed by atoms with van der Waals surface area (Å²) in [6.45, 7) is 4.51. The van der Waals surface area contributed by atoms with Crippen molar-refractivity contribution in [1.29, 1.82) is 0 Å². The van der Waals surface area contributed by atoms with Crippen LogP contribution in [0.5, 0.6) is 0 Å². The first kappa shape index (κ1) is 23.1. The van der Waals surface area contributed by atoms with Gasteiger partial charge >= 0.3 is 0 Å². The average molecular weight is 452 g/mol. The number of aryl methyl sites for hydroxylation is 3. The van der Waals surface area contributed by atoms with Crippen LogP contribution in [0.25, 0.3) is 11.5 Å². The normalized spacial score (nSPS) is 14.5. The van der Waals surface area contributed by atoms with Crippen LogP contribution in [-0.4, -0.2) is 32.7 Å². The fourth-order valence-electron chi connectivity index (χ4n) is 4.42. The highest BCUT2D eigenvalue weighted by Crippen LogP contribution is 2.30. The van der Waals surface area contributed by atoms with Gasteiger partial charge in [0, 0.05) is 36.6 Å². The molecule has 2 heterocycles. The van der Waals surface area contributed by atoms with Gasteiger partial charge in [-0.25, -0.2) is 0 Å². The Labute approximate surface area is 194 Å². The van der Waals surface area contributed by atoms with Crippen molar-refractivity contribution in [2.75, 3.05) is 11.4 Å². The highest BCUT2D eigenvalue weighted by molar-refractivity contribution is 5.95. The first-order chi connectivity index (χ1) is 16.1. The van der Waals surface area contributed by atoms with Gasteiger partial charge in [-0.3, -0.25) is 4.79 Å². The Balaban J connectivity index is 1.45. The molecule has 0 unspecified atom stereocenters. The van der Waals surface area contributed by atoms with Crippen molar-refractivity contribution in [3.63, 3.8) is 0 Å². The lowest BCUT2D eigenvalue weighted by molar-refractivity contribution is -0.123. The molecule has 8 nitrogen and oxygen atoms in total. The van der Waals surface area contributed by atoms with E-state index in [1.54, 1.807) is 0 Å². The van der Waals surface area contributed by atoms with E-state index in [0.717, 1.165) is 69.0 Å². The Morgan fingerprint density at radius 3 is 2.64 bits per heavy atom. The molecular weight excluding hydrogens is 418 g/mol. The molecule has 0 saturated heterocycles. The van der Waals surface area contributed by atoms with E-state index in [9.17, 15) is 4.79 Å². The first-order valence-corrected chi connectivity index (χ1v) is 12.2. The minimum absolute atomic E-state index is 0.110. The average Bonchev–Trinajstić information content (AvgIpc) is 3.50. The van der Waals surface area contributed by atoms with E-state index in [-0.39, 0.29) is 11.8 Å². The molecule has 0 radical (unpaired) electrons. The molecule has 1 saturated carbocycles. The Morgan fingerprint density at radius 2 is 1.91 bits per heavy atom. The Kier molecular flexibility index (Phi) is 7.86. The number of carbonyl (C=O) groups is 1. The fourth-order valence-corrected chi connectivity index (χ4v) is 4.42. The van der Waals surface area contributed by atoms with Crippen molar-refractivity contribution in [2.24, 2.45) is 5.92 Å². The summed E-state index contributed by atoms with van der Waals surface area (Å²) in [5.74, 6) is 2.87. The fraction of sp³-hybridized carbons (Fsp3) is 0.560. The summed E-state index contributed by atoms with van der Waals surface area (Å²) in [5, 5.41) is 7.85. The number of rotatable bonds is 10. The van der Waals surface area contributed by atoms with Crippen LogP contribution in [0.1, 0.15) is 75.8 Å². The van der Waals surface area contributed by atoms with Crippen LogP contribution < -0.4 is 4.90 Å². The van der Waals surface area contributed by atoms with E-state index in [1.807, 2.05) is 43.0 Å². The molecule has 33 heavy (non-hydrogen) atoms. The number of aromatic nitrogens is 4. The third-order valence-electron chi connectivity index (χ3n) is 6.25. The predicted octanol–water partition coefficient (Wildman–Crippen LogP) is 5.32. The van der Waals surface area contributed by atoms with Gasteiger partial charge in [-0.1, -0.05) is 49.0 Å². The summed E-state index contributed by atoms with van der Waals surface area (Å²) < 4.78 is 10.6. The molecule has 1 fully saturated rings. The zero-order chi connectivity index (χ0) is 23.0.